The largest absolute Gasteiger partial charge is 0.337 e. The minimum Gasteiger partial charge on any atom is -0.337 e. The van der Waals surface area contributed by atoms with E-state index in [0.717, 1.165) is 55.4 Å². The quantitative estimate of drug-likeness (QED) is 0.359. The van der Waals surface area contributed by atoms with Crippen LogP contribution in [0.2, 0.25) is 0 Å². The molecule has 0 amide bonds. The molecule has 0 aliphatic carbocycles. The second-order valence-corrected chi connectivity index (χ2v) is 8.24. The number of hydrogen-bond acceptors (Lipinski definition) is 4. The zero-order chi connectivity index (χ0) is 22.5. The van der Waals surface area contributed by atoms with Crippen molar-refractivity contribution in [2.45, 2.75) is 13.8 Å². The van der Waals surface area contributed by atoms with E-state index in [-0.39, 0.29) is 5.82 Å². The fourth-order valence-electron chi connectivity index (χ4n) is 4.22. The van der Waals surface area contributed by atoms with Crippen molar-refractivity contribution in [1.29, 1.82) is 0 Å². The van der Waals surface area contributed by atoms with Crippen LogP contribution in [0.4, 0.5) is 4.39 Å². The van der Waals surface area contributed by atoms with Crippen LogP contribution in [0, 0.1) is 19.7 Å². The van der Waals surface area contributed by atoms with E-state index in [1.165, 1.54) is 12.1 Å². The van der Waals surface area contributed by atoms with Crippen LogP contribution < -0.4 is 0 Å². The molecular weight excluding hydrogens is 415 g/mol. The summed E-state index contributed by atoms with van der Waals surface area (Å²) in [5.74, 6) is 0.373. The molecule has 6 nitrogen and oxygen atoms in total. The Hall–Kier alpha value is -4.39. The van der Waals surface area contributed by atoms with Gasteiger partial charge in [-0.05, 0) is 60.9 Å². The molecule has 0 saturated carbocycles. The molecule has 0 atom stereocenters. The number of hydrogen-bond donors (Lipinski definition) is 2. The van der Waals surface area contributed by atoms with Gasteiger partial charge in [-0.1, -0.05) is 18.2 Å². The number of para-hydroxylation sites is 1. The summed E-state index contributed by atoms with van der Waals surface area (Å²) in [6, 6.07) is 14.9. The van der Waals surface area contributed by atoms with Crippen molar-refractivity contribution in [3.8, 4) is 33.9 Å². The number of imidazole rings is 1. The van der Waals surface area contributed by atoms with Crippen molar-refractivity contribution in [3.05, 3.63) is 84.1 Å². The van der Waals surface area contributed by atoms with Crippen LogP contribution in [-0.2, 0) is 0 Å². The Morgan fingerprint density at radius 1 is 0.848 bits per heavy atom. The highest BCUT2D eigenvalue weighted by atomic mass is 19.1. The Morgan fingerprint density at radius 3 is 2.58 bits per heavy atom. The molecule has 4 heterocycles. The summed E-state index contributed by atoms with van der Waals surface area (Å²) >= 11 is 0. The highest BCUT2D eigenvalue weighted by Gasteiger charge is 2.16. The Labute approximate surface area is 188 Å². The standard InChI is InChI=1S/C26H19FN6/c1-14-6-16(9-18(27)8-14)19-4-3-5-21-24(19)31-26(30-21)25-20-10-22(29-13-23(20)32-33-25)17-7-15(2)11-28-12-17/h3-13H,1-2H3,(H,30,31)(H,32,33). The van der Waals surface area contributed by atoms with Crippen molar-refractivity contribution < 1.29 is 4.39 Å². The third kappa shape index (κ3) is 3.34. The van der Waals surface area contributed by atoms with Crippen LogP contribution in [-0.4, -0.2) is 30.1 Å². The molecule has 2 N–H and O–H groups in total. The van der Waals surface area contributed by atoms with E-state index in [9.17, 15) is 4.39 Å². The van der Waals surface area contributed by atoms with Gasteiger partial charge in [0.1, 0.15) is 11.5 Å². The molecule has 6 rings (SSSR count). The van der Waals surface area contributed by atoms with Gasteiger partial charge in [-0.2, -0.15) is 5.10 Å². The number of nitrogens with one attached hydrogen (secondary N) is 2. The molecule has 2 aromatic carbocycles. The average molecular weight is 434 g/mol. The van der Waals surface area contributed by atoms with Crippen LogP contribution in [0.15, 0.2) is 67.1 Å². The molecular formula is C26H19FN6. The summed E-state index contributed by atoms with van der Waals surface area (Å²) in [5.41, 5.74) is 8.49. The molecule has 33 heavy (non-hydrogen) atoms. The fourth-order valence-corrected chi connectivity index (χ4v) is 4.22. The first-order valence-corrected chi connectivity index (χ1v) is 10.6. The minimum atomic E-state index is -0.262. The topological polar surface area (TPSA) is 83.1 Å². The highest BCUT2D eigenvalue weighted by molar-refractivity contribution is 5.97. The van der Waals surface area contributed by atoms with Crippen molar-refractivity contribution in [3.63, 3.8) is 0 Å². The minimum absolute atomic E-state index is 0.262. The van der Waals surface area contributed by atoms with Crippen molar-refractivity contribution in [2.75, 3.05) is 0 Å². The van der Waals surface area contributed by atoms with E-state index in [1.54, 1.807) is 12.4 Å². The molecule has 0 unspecified atom stereocenters. The third-order valence-electron chi connectivity index (χ3n) is 5.71. The first kappa shape index (κ1) is 19.3. The smallest absolute Gasteiger partial charge is 0.159 e. The van der Waals surface area contributed by atoms with Gasteiger partial charge in [-0.15, -0.1) is 0 Å². The van der Waals surface area contributed by atoms with Gasteiger partial charge in [0.2, 0.25) is 0 Å². The first-order valence-electron chi connectivity index (χ1n) is 10.6. The summed E-state index contributed by atoms with van der Waals surface area (Å²) in [6.45, 7) is 3.89. The second-order valence-electron chi connectivity index (χ2n) is 8.24. The van der Waals surface area contributed by atoms with Crippen molar-refractivity contribution in [1.82, 2.24) is 30.1 Å². The number of halogens is 1. The third-order valence-corrected chi connectivity index (χ3v) is 5.71. The number of aromatic amines is 2. The number of pyridine rings is 2. The van der Waals surface area contributed by atoms with Gasteiger partial charge in [0.15, 0.2) is 5.82 Å². The predicted molar refractivity (Wildman–Crippen MR) is 127 cm³/mol. The predicted octanol–water partition coefficient (Wildman–Crippen LogP) is 5.99. The van der Waals surface area contributed by atoms with Crippen LogP contribution in [0.3, 0.4) is 0 Å². The normalized spacial score (nSPS) is 11.5. The number of aryl methyl sites for hydroxylation is 2. The van der Waals surface area contributed by atoms with Crippen LogP contribution in [0.1, 0.15) is 11.1 Å². The lowest BCUT2D eigenvalue weighted by Gasteiger charge is -2.04. The molecule has 7 heteroatoms. The SMILES string of the molecule is Cc1cncc(-c2cc3c(-c4nc5c(-c6cc(C)cc(F)c6)cccc5[nH]4)n[nH]c3cn2)c1. The monoisotopic (exact) mass is 434 g/mol. The van der Waals surface area contributed by atoms with Crippen LogP contribution >= 0.6 is 0 Å². The van der Waals surface area contributed by atoms with Gasteiger partial charge in [0.25, 0.3) is 0 Å². The Bertz CT molecular complexity index is 1640. The van der Waals surface area contributed by atoms with E-state index >= 15 is 0 Å². The van der Waals surface area contributed by atoms with Crippen LogP contribution in [0.5, 0.6) is 0 Å². The maximum absolute atomic E-state index is 14.1. The molecule has 0 bridgehead atoms. The zero-order valence-electron chi connectivity index (χ0n) is 18.0. The van der Waals surface area contributed by atoms with E-state index in [4.69, 9.17) is 4.98 Å². The Kier molecular flexibility index (Phi) is 4.29. The van der Waals surface area contributed by atoms with Gasteiger partial charge >= 0.3 is 0 Å². The number of benzene rings is 2. The number of rotatable bonds is 3. The first-order chi connectivity index (χ1) is 16.0. The molecule has 4 aromatic heterocycles. The number of fused-ring (bicyclic) bond motifs is 2. The molecule has 0 saturated heterocycles. The van der Waals surface area contributed by atoms with Gasteiger partial charge < -0.3 is 4.98 Å². The fraction of sp³-hybridized carbons (Fsp3) is 0.0769. The zero-order valence-corrected chi connectivity index (χ0v) is 18.0. The van der Waals surface area contributed by atoms with E-state index < -0.39 is 0 Å². The summed E-state index contributed by atoms with van der Waals surface area (Å²) in [5, 5.41) is 8.46. The van der Waals surface area contributed by atoms with Gasteiger partial charge in [0, 0.05) is 28.9 Å². The maximum Gasteiger partial charge on any atom is 0.159 e. The lowest BCUT2D eigenvalue weighted by molar-refractivity contribution is 0.627. The van der Waals surface area contributed by atoms with E-state index in [1.807, 2.05) is 50.4 Å². The number of nitrogens with zero attached hydrogens (tertiary/aromatic N) is 4. The van der Waals surface area contributed by atoms with Crippen molar-refractivity contribution in [2.24, 2.45) is 0 Å². The molecule has 0 aliphatic rings. The molecule has 6 aromatic rings. The average Bonchev–Trinajstić information content (AvgIpc) is 3.41. The Balaban J connectivity index is 1.51. The maximum atomic E-state index is 14.1. The van der Waals surface area contributed by atoms with Crippen LogP contribution in [0.25, 0.3) is 55.8 Å². The lowest BCUT2D eigenvalue weighted by atomic mass is 10.0. The summed E-state index contributed by atoms with van der Waals surface area (Å²) < 4.78 is 14.1. The highest BCUT2D eigenvalue weighted by Crippen LogP contribution is 2.33. The molecule has 0 radical (unpaired) electrons. The second kappa shape index (κ2) is 7.34. The summed E-state index contributed by atoms with van der Waals surface area (Å²) in [4.78, 5) is 17.1. The van der Waals surface area contributed by atoms with E-state index in [0.29, 0.717) is 11.5 Å². The molecule has 0 spiro atoms. The molecule has 0 fully saturated rings. The summed E-state index contributed by atoms with van der Waals surface area (Å²) in [7, 11) is 0. The number of H-pyrrole nitrogens is 2. The van der Waals surface area contributed by atoms with E-state index in [2.05, 4.69) is 31.2 Å². The number of aromatic nitrogens is 6. The van der Waals surface area contributed by atoms with Gasteiger partial charge in [0.05, 0.1) is 28.4 Å². The lowest BCUT2D eigenvalue weighted by Crippen LogP contribution is -1.87. The molecule has 160 valence electrons. The summed E-state index contributed by atoms with van der Waals surface area (Å²) in [6.07, 6.45) is 5.39. The molecule has 0 aliphatic heterocycles. The van der Waals surface area contributed by atoms with Gasteiger partial charge in [-0.25, -0.2) is 9.37 Å². The van der Waals surface area contributed by atoms with Crippen molar-refractivity contribution >= 4 is 21.9 Å². The Morgan fingerprint density at radius 2 is 1.73 bits per heavy atom. The van der Waals surface area contributed by atoms with Gasteiger partial charge in [-0.3, -0.25) is 15.1 Å².